The van der Waals surface area contributed by atoms with E-state index in [0.29, 0.717) is 17.1 Å². The molecule has 9 nitrogen and oxygen atoms in total. The molecular weight excluding hydrogens is 496 g/mol. The normalized spacial score (nSPS) is 14.6. The van der Waals surface area contributed by atoms with Gasteiger partial charge in [-0.2, -0.15) is 0 Å². The lowest BCUT2D eigenvalue weighted by Crippen LogP contribution is -2.32. The molecular formula is C27H26N2O7S. The highest BCUT2D eigenvalue weighted by Crippen LogP contribution is 2.37. The maximum atomic E-state index is 12.9. The van der Waals surface area contributed by atoms with Gasteiger partial charge in [-0.05, 0) is 60.0 Å². The Bertz CT molecular complexity index is 1390. The van der Waals surface area contributed by atoms with Crippen molar-refractivity contribution in [1.29, 1.82) is 0 Å². The van der Waals surface area contributed by atoms with Gasteiger partial charge in [0, 0.05) is 12.1 Å². The van der Waals surface area contributed by atoms with Crippen LogP contribution in [0.5, 0.6) is 11.5 Å². The van der Waals surface area contributed by atoms with Gasteiger partial charge in [0.2, 0.25) is 0 Å². The second-order valence-corrected chi connectivity index (χ2v) is 9.71. The fraction of sp³-hybridized carbons (Fsp3) is 0.259. The van der Waals surface area contributed by atoms with Crippen molar-refractivity contribution < 1.29 is 28.4 Å². The average molecular weight is 523 g/mol. The second-order valence-electron chi connectivity index (χ2n) is 8.72. The molecule has 0 radical (unpaired) electrons. The number of ether oxygens (including phenoxy) is 2. The first-order valence-electron chi connectivity index (χ1n) is 11.6. The van der Waals surface area contributed by atoms with Crippen LogP contribution in [0.4, 0.5) is 10.5 Å². The van der Waals surface area contributed by atoms with Gasteiger partial charge >= 0.3 is 0 Å². The van der Waals surface area contributed by atoms with Crippen molar-refractivity contribution >= 4 is 34.7 Å². The Morgan fingerprint density at radius 1 is 1.11 bits per heavy atom. The molecule has 4 rings (SSSR count). The molecule has 1 fully saturated rings. The first-order chi connectivity index (χ1) is 17.7. The Hall–Kier alpha value is -4.05. The molecule has 0 atom stereocenters. The minimum atomic E-state index is -0.509. The molecule has 2 heterocycles. The number of non-ortho nitro benzene ring substituents is 1. The largest absolute Gasteiger partial charge is 0.496 e. The molecule has 1 aromatic heterocycles. The maximum absolute atomic E-state index is 12.9. The average Bonchev–Trinajstić information content (AvgIpc) is 3.43. The van der Waals surface area contributed by atoms with Crippen molar-refractivity contribution in [2.45, 2.75) is 26.7 Å². The molecule has 0 saturated carbocycles. The summed E-state index contributed by atoms with van der Waals surface area (Å²) in [7, 11) is 1.41. The third kappa shape index (κ3) is 5.69. The number of aryl methyl sites for hydroxylation is 1. The van der Waals surface area contributed by atoms with E-state index in [1.807, 2.05) is 25.1 Å². The van der Waals surface area contributed by atoms with Crippen molar-refractivity contribution in [3.63, 3.8) is 0 Å². The molecule has 0 bridgehead atoms. The highest BCUT2D eigenvalue weighted by Gasteiger charge is 2.35. The van der Waals surface area contributed by atoms with Crippen molar-refractivity contribution in [2.75, 3.05) is 20.3 Å². The topological polar surface area (TPSA) is 112 Å². The summed E-state index contributed by atoms with van der Waals surface area (Å²) in [5.41, 5.74) is 2.55. The lowest BCUT2D eigenvalue weighted by molar-refractivity contribution is -0.384. The minimum absolute atomic E-state index is 0.104. The summed E-state index contributed by atoms with van der Waals surface area (Å²) in [5.74, 6) is 1.66. The number of nitro groups is 1. The van der Waals surface area contributed by atoms with Crippen LogP contribution in [0.15, 0.2) is 57.9 Å². The van der Waals surface area contributed by atoms with E-state index in [0.717, 1.165) is 33.5 Å². The molecule has 1 aliphatic heterocycles. The monoisotopic (exact) mass is 522 g/mol. The Balaban J connectivity index is 1.45. The number of imide groups is 1. The number of amides is 2. The van der Waals surface area contributed by atoms with Crippen molar-refractivity contribution in [3.05, 3.63) is 80.4 Å². The van der Waals surface area contributed by atoms with Crippen LogP contribution >= 0.6 is 11.8 Å². The van der Waals surface area contributed by atoms with E-state index >= 15 is 0 Å². The van der Waals surface area contributed by atoms with E-state index in [2.05, 4.69) is 13.8 Å². The minimum Gasteiger partial charge on any atom is -0.496 e. The maximum Gasteiger partial charge on any atom is 0.293 e. The number of furan rings is 1. The number of methoxy groups -OCH3 is 1. The van der Waals surface area contributed by atoms with Gasteiger partial charge in [0.25, 0.3) is 16.8 Å². The zero-order valence-corrected chi connectivity index (χ0v) is 21.7. The van der Waals surface area contributed by atoms with Gasteiger partial charge in [0.05, 0.1) is 35.1 Å². The first-order valence-corrected chi connectivity index (χ1v) is 12.4. The van der Waals surface area contributed by atoms with Crippen molar-refractivity contribution in [1.82, 2.24) is 4.90 Å². The highest BCUT2D eigenvalue weighted by atomic mass is 32.2. The zero-order valence-electron chi connectivity index (χ0n) is 20.8. The van der Waals surface area contributed by atoms with Crippen LogP contribution in [0.2, 0.25) is 0 Å². The summed E-state index contributed by atoms with van der Waals surface area (Å²) in [4.78, 5) is 37.4. The quantitative estimate of drug-likeness (QED) is 0.180. The van der Waals surface area contributed by atoms with Gasteiger partial charge in [0.1, 0.15) is 29.6 Å². The summed E-state index contributed by atoms with van der Waals surface area (Å²) in [6, 6.07) is 13.5. The third-order valence-corrected chi connectivity index (χ3v) is 6.71. The highest BCUT2D eigenvalue weighted by molar-refractivity contribution is 8.18. The number of nitro benzene ring substituents is 1. The third-order valence-electron chi connectivity index (χ3n) is 5.80. The van der Waals surface area contributed by atoms with Gasteiger partial charge in [-0.25, -0.2) is 0 Å². The van der Waals surface area contributed by atoms with E-state index in [9.17, 15) is 19.7 Å². The SMILES string of the molecule is COc1cc([N+](=O)[O-])ccc1-c1ccc(/C=C2\SC(=O)N(CCOc3cc(C)ccc3C(C)C)C2=O)o1. The molecule has 3 aromatic rings. The molecule has 2 aromatic carbocycles. The Kier molecular flexibility index (Phi) is 7.68. The number of hydrogen-bond acceptors (Lipinski definition) is 8. The number of rotatable bonds is 9. The number of carbonyl (C=O) groups is 2. The van der Waals surface area contributed by atoms with Crippen LogP contribution in [0, 0.1) is 17.0 Å². The molecule has 1 aliphatic rings. The van der Waals surface area contributed by atoms with Crippen LogP contribution in [0.3, 0.4) is 0 Å². The molecule has 2 amide bonds. The van der Waals surface area contributed by atoms with Gasteiger partial charge in [-0.15, -0.1) is 0 Å². The van der Waals surface area contributed by atoms with Crippen LogP contribution in [-0.4, -0.2) is 41.2 Å². The van der Waals surface area contributed by atoms with Crippen LogP contribution in [-0.2, 0) is 4.79 Å². The fourth-order valence-electron chi connectivity index (χ4n) is 3.88. The molecule has 37 heavy (non-hydrogen) atoms. The molecule has 1 saturated heterocycles. The van der Waals surface area contributed by atoms with E-state index in [1.165, 1.54) is 31.4 Å². The number of carbonyl (C=O) groups excluding carboxylic acids is 2. The summed E-state index contributed by atoms with van der Waals surface area (Å²) < 4.78 is 17.0. The number of benzene rings is 2. The van der Waals surface area contributed by atoms with E-state index < -0.39 is 10.8 Å². The molecule has 192 valence electrons. The lowest BCUT2D eigenvalue weighted by atomic mass is 10.0. The summed E-state index contributed by atoms with van der Waals surface area (Å²) >= 11 is 0.835. The number of hydrogen-bond donors (Lipinski definition) is 0. The van der Waals surface area contributed by atoms with Crippen LogP contribution in [0.1, 0.15) is 36.7 Å². The van der Waals surface area contributed by atoms with Gasteiger partial charge in [0.15, 0.2) is 0 Å². The standard InChI is InChI=1S/C27H26N2O7S/c1-16(2)20-8-5-17(3)13-24(20)35-12-11-28-26(30)25(37-27(28)31)15-19-7-10-22(36-19)21-9-6-18(29(32)33)14-23(21)34-4/h5-10,13-16H,11-12H2,1-4H3/b25-15-. The van der Waals surface area contributed by atoms with Gasteiger partial charge < -0.3 is 13.9 Å². The fourth-order valence-corrected chi connectivity index (χ4v) is 4.73. The van der Waals surface area contributed by atoms with Crippen molar-refractivity contribution in [2.24, 2.45) is 0 Å². The van der Waals surface area contributed by atoms with Gasteiger partial charge in [-0.3, -0.25) is 24.6 Å². The number of nitrogens with zero attached hydrogens (tertiary/aromatic N) is 2. The predicted molar refractivity (Wildman–Crippen MR) is 141 cm³/mol. The van der Waals surface area contributed by atoms with Crippen LogP contribution < -0.4 is 9.47 Å². The van der Waals surface area contributed by atoms with E-state index in [4.69, 9.17) is 13.9 Å². The summed E-state index contributed by atoms with van der Waals surface area (Å²) in [6.45, 7) is 6.44. The first kappa shape index (κ1) is 26.0. The lowest BCUT2D eigenvalue weighted by Gasteiger charge is -2.17. The van der Waals surface area contributed by atoms with Gasteiger partial charge in [-0.1, -0.05) is 26.0 Å². The Labute approximate surface area is 218 Å². The summed E-state index contributed by atoms with van der Waals surface area (Å²) in [5, 5.41) is 10.7. The molecule has 0 aliphatic carbocycles. The Morgan fingerprint density at radius 2 is 1.89 bits per heavy atom. The molecule has 0 unspecified atom stereocenters. The smallest absolute Gasteiger partial charge is 0.293 e. The predicted octanol–water partition coefficient (Wildman–Crippen LogP) is 6.41. The zero-order chi connectivity index (χ0) is 26.7. The molecule has 0 N–H and O–H groups in total. The second kappa shape index (κ2) is 10.9. The Morgan fingerprint density at radius 3 is 2.59 bits per heavy atom. The molecule has 10 heteroatoms. The molecule has 0 spiro atoms. The van der Waals surface area contributed by atoms with E-state index in [1.54, 1.807) is 12.1 Å². The van der Waals surface area contributed by atoms with Crippen molar-refractivity contribution in [3.8, 4) is 22.8 Å². The number of thioether (sulfide) groups is 1. The summed E-state index contributed by atoms with van der Waals surface area (Å²) in [6.07, 6.45) is 1.50. The van der Waals surface area contributed by atoms with E-state index in [-0.39, 0.29) is 40.7 Å². The van der Waals surface area contributed by atoms with Crippen LogP contribution in [0.25, 0.3) is 17.4 Å².